The van der Waals surface area contributed by atoms with Crippen molar-refractivity contribution in [3.63, 3.8) is 0 Å². The second-order valence-electron chi connectivity index (χ2n) is 9.32. The van der Waals surface area contributed by atoms with Gasteiger partial charge in [0.15, 0.2) is 0 Å². The third-order valence-electron chi connectivity index (χ3n) is 6.61. The molecule has 2 heterocycles. The van der Waals surface area contributed by atoms with Gasteiger partial charge in [0.2, 0.25) is 5.88 Å². The molecule has 7 nitrogen and oxygen atoms in total. The van der Waals surface area contributed by atoms with Crippen molar-refractivity contribution in [3.8, 4) is 23.1 Å². The highest BCUT2D eigenvalue weighted by Gasteiger charge is 2.21. The highest BCUT2D eigenvalue weighted by Crippen LogP contribution is 2.24. The third-order valence-corrected chi connectivity index (χ3v) is 6.61. The number of nitrogens with zero attached hydrogens (tertiary/aromatic N) is 3. The lowest BCUT2D eigenvalue weighted by molar-refractivity contribution is 0.0929. The first-order chi connectivity index (χ1) is 17.5. The number of nitrogens with two attached hydrogens (primary N) is 1. The van der Waals surface area contributed by atoms with Crippen LogP contribution in [-0.2, 0) is 6.54 Å². The lowest BCUT2D eigenvalue weighted by Gasteiger charge is -2.32. The van der Waals surface area contributed by atoms with E-state index in [2.05, 4.69) is 70.7 Å². The number of hydrogen-bond donors (Lipinski definition) is 2. The van der Waals surface area contributed by atoms with Crippen molar-refractivity contribution in [2.75, 3.05) is 32.0 Å². The number of pyridine rings is 1. The summed E-state index contributed by atoms with van der Waals surface area (Å²) in [5.41, 5.74) is 11.5. The molecule has 0 spiro atoms. The number of ether oxygens (including phenoxy) is 1. The van der Waals surface area contributed by atoms with Gasteiger partial charge in [-0.25, -0.2) is 4.98 Å². The fourth-order valence-corrected chi connectivity index (χ4v) is 4.57. The fraction of sp³-hybridized carbons (Fsp3) is 0.345. The maximum absolute atomic E-state index is 12.7. The number of aromatic nitrogens is 1. The molecule has 1 fully saturated rings. The molecule has 3 aromatic rings. The normalized spacial score (nSPS) is 14.2. The van der Waals surface area contributed by atoms with E-state index in [-0.39, 0.29) is 28.7 Å². The van der Waals surface area contributed by atoms with Gasteiger partial charge in [-0.1, -0.05) is 54.1 Å². The summed E-state index contributed by atoms with van der Waals surface area (Å²) in [5.74, 6) is 0.213. The standard InChI is InChI=1S/C29H33N5O2/c1-3-36-29-25(17-30)26(31)16-27(33-29)28(35)32-18-21-11-13-34(14-12-21)19-22-7-9-23(10-8-22)24-6-4-5-20(2)15-24/h4-10,15-16,21H,3,11-14,18-19H2,1-2H3,(H2,31,33)(H,32,35). The number of hydrogen-bond acceptors (Lipinski definition) is 6. The van der Waals surface area contributed by atoms with Crippen LogP contribution in [0.1, 0.15) is 46.9 Å². The number of carbonyl (C=O) groups excluding carboxylic acids is 1. The number of likely N-dealkylation sites (tertiary alicyclic amines) is 1. The van der Waals surface area contributed by atoms with Gasteiger partial charge >= 0.3 is 0 Å². The predicted molar refractivity (Wildman–Crippen MR) is 141 cm³/mol. The van der Waals surface area contributed by atoms with Crippen LogP contribution in [0.15, 0.2) is 54.6 Å². The van der Waals surface area contributed by atoms with Crippen LogP contribution < -0.4 is 15.8 Å². The lowest BCUT2D eigenvalue weighted by Crippen LogP contribution is -2.38. The molecule has 0 aliphatic carbocycles. The Hall–Kier alpha value is -3.89. The molecular weight excluding hydrogens is 450 g/mol. The fourth-order valence-electron chi connectivity index (χ4n) is 4.57. The number of carbonyl (C=O) groups is 1. The van der Waals surface area contributed by atoms with Crippen LogP contribution >= 0.6 is 0 Å². The second-order valence-corrected chi connectivity index (χ2v) is 9.32. The first-order valence-electron chi connectivity index (χ1n) is 12.5. The minimum absolute atomic E-state index is 0.102. The summed E-state index contributed by atoms with van der Waals surface area (Å²) in [5, 5.41) is 12.2. The SMILES string of the molecule is CCOc1nc(C(=O)NCC2CCN(Cc3ccc(-c4cccc(C)c4)cc3)CC2)cc(N)c1C#N. The van der Waals surface area contributed by atoms with E-state index in [1.54, 1.807) is 6.92 Å². The van der Waals surface area contributed by atoms with Crippen LogP contribution in [0.25, 0.3) is 11.1 Å². The van der Waals surface area contributed by atoms with Gasteiger partial charge in [-0.2, -0.15) is 5.26 Å². The summed E-state index contributed by atoms with van der Waals surface area (Å²) in [6.07, 6.45) is 2.05. The van der Waals surface area contributed by atoms with Gasteiger partial charge < -0.3 is 15.8 Å². The van der Waals surface area contributed by atoms with Gasteiger partial charge in [0.25, 0.3) is 5.91 Å². The molecule has 7 heteroatoms. The molecular formula is C29H33N5O2. The van der Waals surface area contributed by atoms with Gasteiger partial charge in [0.1, 0.15) is 17.3 Å². The van der Waals surface area contributed by atoms with Crippen LogP contribution in [0.3, 0.4) is 0 Å². The van der Waals surface area contributed by atoms with Crippen molar-refractivity contribution in [1.29, 1.82) is 5.26 Å². The molecule has 2 aromatic carbocycles. The summed E-state index contributed by atoms with van der Waals surface area (Å²) in [6.45, 7) is 7.75. The Kier molecular flexibility index (Phi) is 8.19. The molecule has 1 amide bonds. The number of nitriles is 1. The number of amides is 1. The topological polar surface area (TPSA) is 104 Å². The number of nitrogen functional groups attached to an aromatic ring is 1. The average molecular weight is 484 g/mol. The van der Waals surface area contributed by atoms with Gasteiger partial charge in [0.05, 0.1) is 12.3 Å². The quantitative estimate of drug-likeness (QED) is 0.487. The molecule has 0 bridgehead atoms. The zero-order valence-corrected chi connectivity index (χ0v) is 21.0. The Balaban J connectivity index is 1.26. The van der Waals surface area contributed by atoms with Gasteiger partial charge in [0, 0.05) is 13.1 Å². The van der Waals surface area contributed by atoms with E-state index in [0.717, 1.165) is 32.5 Å². The zero-order valence-electron chi connectivity index (χ0n) is 21.0. The molecule has 0 radical (unpaired) electrons. The van der Waals surface area contributed by atoms with E-state index in [1.807, 2.05) is 6.07 Å². The van der Waals surface area contributed by atoms with E-state index in [4.69, 9.17) is 10.5 Å². The van der Waals surface area contributed by atoms with Crippen LogP contribution in [-0.4, -0.2) is 42.0 Å². The Morgan fingerprint density at radius 2 is 1.92 bits per heavy atom. The Morgan fingerprint density at radius 1 is 1.17 bits per heavy atom. The molecule has 1 aromatic heterocycles. The monoisotopic (exact) mass is 483 g/mol. The Bertz CT molecular complexity index is 1240. The van der Waals surface area contributed by atoms with E-state index in [1.165, 1.54) is 28.3 Å². The van der Waals surface area contributed by atoms with Gasteiger partial charge in [-0.3, -0.25) is 9.69 Å². The van der Waals surface area contributed by atoms with Crippen molar-refractivity contribution < 1.29 is 9.53 Å². The van der Waals surface area contributed by atoms with Crippen molar-refractivity contribution in [2.24, 2.45) is 5.92 Å². The van der Waals surface area contributed by atoms with Crippen LogP contribution in [0.5, 0.6) is 5.88 Å². The van der Waals surface area contributed by atoms with Crippen molar-refractivity contribution in [1.82, 2.24) is 15.2 Å². The number of nitrogens with one attached hydrogen (secondary N) is 1. The Morgan fingerprint density at radius 3 is 2.58 bits per heavy atom. The lowest BCUT2D eigenvalue weighted by atomic mass is 9.96. The van der Waals surface area contributed by atoms with Gasteiger partial charge in [-0.15, -0.1) is 0 Å². The van der Waals surface area contributed by atoms with Crippen molar-refractivity contribution in [2.45, 2.75) is 33.2 Å². The first-order valence-corrected chi connectivity index (χ1v) is 12.5. The molecule has 0 atom stereocenters. The number of piperidine rings is 1. The highest BCUT2D eigenvalue weighted by molar-refractivity contribution is 5.93. The smallest absolute Gasteiger partial charge is 0.270 e. The van der Waals surface area contributed by atoms with Crippen LogP contribution in [0, 0.1) is 24.2 Å². The summed E-state index contributed by atoms with van der Waals surface area (Å²) < 4.78 is 5.39. The van der Waals surface area contributed by atoms with Gasteiger partial charge in [-0.05, 0) is 68.5 Å². The average Bonchev–Trinajstić information content (AvgIpc) is 2.88. The predicted octanol–water partition coefficient (Wildman–Crippen LogP) is 4.55. The maximum atomic E-state index is 12.7. The number of aryl methyl sites for hydroxylation is 1. The molecule has 1 aliphatic heterocycles. The molecule has 186 valence electrons. The summed E-state index contributed by atoms with van der Waals surface area (Å²) in [7, 11) is 0. The summed E-state index contributed by atoms with van der Waals surface area (Å²) >= 11 is 0. The molecule has 0 unspecified atom stereocenters. The molecule has 1 saturated heterocycles. The second kappa shape index (κ2) is 11.7. The Labute approximate surface area is 212 Å². The minimum Gasteiger partial charge on any atom is -0.477 e. The summed E-state index contributed by atoms with van der Waals surface area (Å²) in [4.78, 5) is 19.3. The highest BCUT2D eigenvalue weighted by atomic mass is 16.5. The van der Waals surface area contributed by atoms with E-state index >= 15 is 0 Å². The van der Waals surface area contributed by atoms with Crippen LogP contribution in [0.4, 0.5) is 5.69 Å². The molecule has 36 heavy (non-hydrogen) atoms. The molecule has 0 saturated carbocycles. The van der Waals surface area contributed by atoms with Crippen molar-refractivity contribution >= 4 is 11.6 Å². The maximum Gasteiger partial charge on any atom is 0.270 e. The number of anilines is 1. The molecule has 1 aliphatic rings. The number of benzene rings is 2. The summed E-state index contributed by atoms with van der Waals surface area (Å²) in [6, 6.07) is 20.8. The van der Waals surface area contributed by atoms with Crippen LogP contribution in [0.2, 0.25) is 0 Å². The molecule has 4 rings (SSSR count). The van der Waals surface area contributed by atoms with E-state index in [9.17, 15) is 10.1 Å². The van der Waals surface area contributed by atoms with Crippen molar-refractivity contribution in [3.05, 3.63) is 77.0 Å². The number of rotatable bonds is 8. The first kappa shape index (κ1) is 25.2. The molecule has 3 N–H and O–H groups in total. The zero-order chi connectivity index (χ0) is 25.5. The third kappa shape index (κ3) is 6.21. The largest absolute Gasteiger partial charge is 0.477 e. The minimum atomic E-state index is -0.303. The van der Waals surface area contributed by atoms with E-state index in [0.29, 0.717) is 19.1 Å². The van der Waals surface area contributed by atoms with E-state index < -0.39 is 0 Å².